The molecule has 3 N–H and O–H groups in total. The number of nitrogens with zero attached hydrogens (tertiary/aromatic N) is 1. The molecule has 7 nitrogen and oxygen atoms in total. The fourth-order valence-corrected chi connectivity index (χ4v) is 4.49. The lowest BCUT2D eigenvalue weighted by atomic mass is 9.86. The molecule has 1 aromatic carbocycles. The predicted molar refractivity (Wildman–Crippen MR) is 108 cm³/mol. The predicted octanol–water partition coefficient (Wildman–Crippen LogP) is 2.70. The first kappa shape index (κ1) is 21.9. The number of aliphatic carboxylic acids is 1. The highest BCUT2D eigenvalue weighted by molar-refractivity contribution is 5.72. The Morgan fingerprint density at radius 1 is 1.24 bits per heavy atom. The normalized spacial score (nSPS) is 26.9. The number of rotatable bonds is 8. The SMILES string of the molecule is CCCN(CCC)C1CCc2c(ccc(OC3CC(O)CC(C(=O)O)O3)c2O)C1. The van der Waals surface area contributed by atoms with Crippen molar-refractivity contribution < 1.29 is 29.6 Å². The van der Waals surface area contributed by atoms with Gasteiger partial charge in [-0.2, -0.15) is 0 Å². The molecule has 29 heavy (non-hydrogen) atoms. The number of aromatic hydroxyl groups is 1. The van der Waals surface area contributed by atoms with Gasteiger partial charge in [-0.05, 0) is 56.8 Å². The average molecular weight is 408 g/mol. The van der Waals surface area contributed by atoms with Crippen LogP contribution in [0.4, 0.5) is 0 Å². The van der Waals surface area contributed by atoms with E-state index in [4.69, 9.17) is 14.6 Å². The summed E-state index contributed by atoms with van der Waals surface area (Å²) in [5.74, 6) is -0.736. The van der Waals surface area contributed by atoms with E-state index in [-0.39, 0.29) is 24.3 Å². The van der Waals surface area contributed by atoms with Crippen molar-refractivity contribution in [2.75, 3.05) is 13.1 Å². The smallest absolute Gasteiger partial charge is 0.333 e. The zero-order chi connectivity index (χ0) is 21.0. The third-order valence-corrected chi connectivity index (χ3v) is 5.86. The van der Waals surface area contributed by atoms with Gasteiger partial charge in [-0.1, -0.05) is 19.9 Å². The van der Waals surface area contributed by atoms with Gasteiger partial charge in [0, 0.05) is 24.4 Å². The topological polar surface area (TPSA) is 99.5 Å². The minimum atomic E-state index is -1.12. The van der Waals surface area contributed by atoms with Crippen molar-refractivity contribution in [3.05, 3.63) is 23.3 Å². The highest BCUT2D eigenvalue weighted by Crippen LogP contribution is 2.39. The van der Waals surface area contributed by atoms with E-state index in [1.54, 1.807) is 6.07 Å². The van der Waals surface area contributed by atoms with Gasteiger partial charge in [-0.15, -0.1) is 0 Å². The number of carboxylic acids is 1. The zero-order valence-corrected chi connectivity index (χ0v) is 17.3. The summed E-state index contributed by atoms with van der Waals surface area (Å²) in [6.07, 6.45) is 2.34. The first-order valence-corrected chi connectivity index (χ1v) is 10.7. The summed E-state index contributed by atoms with van der Waals surface area (Å²) in [7, 11) is 0. The Balaban J connectivity index is 1.71. The molecule has 0 amide bonds. The van der Waals surface area contributed by atoms with Crippen LogP contribution in [-0.4, -0.2) is 63.8 Å². The Morgan fingerprint density at radius 2 is 1.97 bits per heavy atom. The lowest BCUT2D eigenvalue weighted by molar-refractivity contribution is -0.195. The van der Waals surface area contributed by atoms with E-state index in [0.29, 0.717) is 6.04 Å². The number of phenolic OH excluding ortho intramolecular Hbond substituents is 1. The Bertz CT molecular complexity index is 703. The molecule has 0 saturated carbocycles. The summed E-state index contributed by atoms with van der Waals surface area (Å²) in [5, 5.41) is 29.8. The van der Waals surface area contributed by atoms with Gasteiger partial charge >= 0.3 is 5.97 Å². The van der Waals surface area contributed by atoms with E-state index < -0.39 is 24.5 Å². The molecule has 1 heterocycles. The standard InChI is InChI=1S/C22H33NO6/c1-3-9-23(10-4-2)15-6-7-17-14(11-15)5-8-18(21(17)25)28-20-13-16(24)12-19(29-20)22(26)27/h5,8,15-16,19-20,24-25H,3-4,6-7,9-13H2,1-2H3,(H,26,27). The average Bonchev–Trinajstić information content (AvgIpc) is 2.69. The van der Waals surface area contributed by atoms with E-state index >= 15 is 0 Å². The Kier molecular flexibility index (Phi) is 7.38. The van der Waals surface area contributed by atoms with Crippen molar-refractivity contribution >= 4 is 5.97 Å². The molecule has 7 heteroatoms. The first-order valence-electron chi connectivity index (χ1n) is 10.7. The van der Waals surface area contributed by atoms with Gasteiger partial charge in [0.05, 0.1) is 6.10 Å². The van der Waals surface area contributed by atoms with Crippen molar-refractivity contribution in [3.8, 4) is 11.5 Å². The summed E-state index contributed by atoms with van der Waals surface area (Å²) in [5.41, 5.74) is 2.04. The molecule has 1 aliphatic heterocycles. The van der Waals surface area contributed by atoms with E-state index in [2.05, 4.69) is 18.7 Å². The third kappa shape index (κ3) is 5.21. The molecular weight excluding hydrogens is 374 g/mol. The van der Waals surface area contributed by atoms with Gasteiger partial charge in [-0.25, -0.2) is 4.79 Å². The molecule has 2 aliphatic rings. The van der Waals surface area contributed by atoms with Crippen molar-refractivity contribution in [3.63, 3.8) is 0 Å². The molecule has 4 atom stereocenters. The lowest BCUT2D eigenvalue weighted by Crippen LogP contribution is -2.42. The monoisotopic (exact) mass is 407 g/mol. The number of aliphatic hydroxyl groups is 1. The molecule has 1 fully saturated rings. The van der Waals surface area contributed by atoms with Crippen LogP contribution >= 0.6 is 0 Å². The van der Waals surface area contributed by atoms with Gasteiger partial charge in [0.1, 0.15) is 0 Å². The van der Waals surface area contributed by atoms with Crippen molar-refractivity contribution in [1.82, 2.24) is 4.90 Å². The van der Waals surface area contributed by atoms with Crippen LogP contribution in [-0.2, 0) is 22.4 Å². The number of hydrogen-bond acceptors (Lipinski definition) is 6. The van der Waals surface area contributed by atoms with Crippen LogP contribution in [0.1, 0.15) is 57.1 Å². The van der Waals surface area contributed by atoms with Crippen LogP contribution < -0.4 is 4.74 Å². The number of fused-ring (bicyclic) bond motifs is 1. The number of carbonyl (C=O) groups is 1. The highest BCUT2D eigenvalue weighted by atomic mass is 16.7. The number of phenols is 1. The Labute approximate surface area is 172 Å². The quantitative estimate of drug-likeness (QED) is 0.609. The number of aliphatic hydroxyl groups excluding tert-OH is 1. The molecule has 0 bridgehead atoms. The first-order chi connectivity index (χ1) is 13.9. The fourth-order valence-electron chi connectivity index (χ4n) is 4.49. The van der Waals surface area contributed by atoms with Gasteiger partial charge < -0.3 is 29.7 Å². The zero-order valence-electron chi connectivity index (χ0n) is 17.3. The lowest BCUT2D eigenvalue weighted by Gasteiger charge is -2.35. The largest absolute Gasteiger partial charge is 0.504 e. The second-order valence-corrected chi connectivity index (χ2v) is 8.12. The fraction of sp³-hybridized carbons (Fsp3) is 0.682. The summed E-state index contributed by atoms with van der Waals surface area (Å²) in [4.78, 5) is 13.7. The molecule has 1 aromatic rings. The molecule has 3 rings (SSSR count). The molecule has 1 saturated heterocycles. The summed E-state index contributed by atoms with van der Waals surface area (Å²) in [6, 6.07) is 4.20. The minimum absolute atomic E-state index is 0.0404. The highest BCUT2D eigenvalue weighted by Gasteiger charge is 2.35. The van der Waals surface area contributed by atoms with Crippen LogP contribution in [0.5, 0.6) is 11.5 Å². The molecule has 0 spiro atoms. The van der Waals surface area contributed by atoms with Crippen LogP contribution in [0, 0.1) is 0 Å². The van der Waals surface area contributed by atoms with Crippen LogP contribution in [0.15, 0.2) is 12.1 Å². The van der Waals surface area contributed by atoms with Crippen LogP contribution in [0.25, 0.3) is 0 Å². The second-order valence-electron chi connectivity index (χ2n) is 8.12. The summed E-state index contributed by atoms with van der Waals surface area (Å²) < 4.78 is 11.2. The molecular formula is C22H33NO6. The Hall–Kier alpha value is -1.83. The van der Waals surface area contributed by atoms with E-state index in [1.165, 1.54) is 0 Å². The maximum absolute atomic E-state index is 11.2. The van der Waals surface area contributed by atoms with Gasteiger partial charge in [0.2, 0.25) is 6.29 Å². The number of hydrogen-bond donors (Lipinski definition) is 3. The van der Waals surface area contributed by atoms with Gasteiger partial charge in [0.25, 0.3) is 0 Å². The third-order valence-electron chi connectivity index (χ3n) is 5.86. The minimum Gasteiger partial charge on any atom is -0.504 e. The molecule has 0 radical (unpaired) electrons. The molecule has 1 aliphatic carbocycles. The summed E-state index contributed by atoms with van der Waals surface area (Å²) in [6.45, 7) is 6.59. The maximum Gasteiger partial charge on any atom is 0.333 e. The van der Waals surface area contributed by atoms with Gasteiger partial charge in [-0.3, -0.25) is 0 Å². The number of ether oxygens (including phenoxy) is 2. The number of benzene rings is 1. The summed E-state index contributed by atoms with van der Waals surface area (Å²) >= 11 is 0. The molecule has 4 unspecified atom stereocenters. The van der Waals surface area contributed by atoms with Crippen LogP contribution in [0.3, 0.4) is 0 Å². The van der Waals surface area contributed by atoms with E-state index in [0.717, 1.165) is 56.3 Å². The maximum atomic E-state index is 11.2. The molecule has 0 aromatic heterocycles. The second kappa shape index (κ2) is 9.78. The number of carboxylic acid groups (broad SMARTS) is 1. The Morgan fingerprint density at radius 3 is 2.62 bits per heavy atom. The van der Waals surface area contributed by atoms with Crippen LogP contribution in [0.2, 0.25) is 0 Å². The van der Waals surface area contributed by atoms with Gasteiger partial charge in [0.15, 0.2) is 17.6 Å². The van der Waals surface area contributed by atoms with Crippen molar-refractivity contribution in [2.45, 2.75) is 83.3 Å². The van der Waals surface area contributed by atoms with E-state index in [9.17, 15) is 15.0 Å². The van der Waals surface area contributed by atoms with Crippen molar-refractivity contribution in [1.29, 1.82) is 0 Å². The van der Waals surface area contributed by atoms with E-state index in [1.807, 2.05) is 6.07 Å². The molecule has 162 valence electrons. The van der Waals surface area contributed by atoms with Crippen molar-refractivity contribution in [2.24, 2.45) is 0 Å².